The fourth-order valence-corrected chi connectivity index (χ4v) is 0.960. The van der Waals surface area contributed by atoms with Crippen LogP contribution in [0, 0.1) is 0 Å². The molecule has 0 atom stereocenters. The van der Waals surface area contributed by atoms with Crippen molar-refractivity contribution >= 4 is 34.5 Å². The fraction of sp³-hybridized carbons (Fsp3) is 0.750. The summed E-state index contributed by atoms with van der Waals surface area (Å²) >= 11 is 9.35. The minimum Gasteiger partial charge on any atom is -0.446 e. The Balaban J connectivity index is 4.00. The van der Waals surface area contributed by atoms with Crippen LogP contribution < -0.4 is 0 Å². The number of ether oxygens (including phenoxy) is 2. The molecule has 0 radical (unpaired) electrons. The van der Waals surface area contributed by atoms with Crippen molar-refractivity contribution in [3.05, 3.63) is 0 Å². The highest BCUT2D eigenvalue weighted by Crippen LogP contribution is 2.06. The van der Waals surface area contributed by atoms with Gasteiger partial charge in [0.25, 0.3) is 0 Å². The number of rotatable bonds is 6. The minimum absolute atomic E-state index is 0.0594. The Bertz CT molecular complexity index is 178. The van der Waals surface area contributed by atoms with Crippen LogP contribution in [0.3, 0.4) is 0 Å². The molecular weight excluding hydrogens is 224 g/mol. The van der Waals surface area contributed by atoms with Crippen molar-refractivity contribution in [2.45, 2.75) is 26.1 Å². The van der Waals surface area contributed by atoms with E-state index in [9.17, 15) is 0 Å². The first kappa shape index (κ1) is 13.7. The smallest absolute Gasteiger partial charge is 0.242 e. The van der Waals surface area contributed by atoms with Gasteiger partial charge in [0.15, 0.2) is 10.1 Å². The molecule has 0 aromatic rings. The molecule has 4 nitrogen and oxygen atoms in total. The molecule has 0 spiro atoms. The summed E-state index contributed by atoms with van der Waals surface area (Å²) in [6.45, 7) is 1.29. The minimum atomic E-state index is -0.612. The molecule has 14 heavy (non-hydrogen) atoms. The fourth-order valence-electron chi connectivity index (χ4n) is 0.745. The molecule has 0 heterocycles. The lowest BCUT2D eigenvalue weighted by molar-refractivity contribution is -0.0247. The lowest BCUT2D eigenvalue weighted by Gasteiger charge is -2.19. The van der Waals surface area contributed by atoms with Crippen molar-refractivity contribution < 1.29 is 19.7 Å². The van der Waals surface area contributed by atoms with Gasteiger partial charge in [0.1, 0.15) is 13.2 Å². The van der Waals surface area contributed by atoms with Gasteiger partial charge in [-0.15, -0.1) is 0 Å². The number of aliphatic hydroxyl groups is 2. The van der Waals surface area contributed by atoms with Crippen LogP contribution in [-0.2, 0) is 9.47 Å². The van der Waals surface area contributed by atoms with Crippen LogP contribution in [0.15, 0.2) is 0 Å². The van der Waals surface area contributed by atoms with Crippen LogP contribution in [0.4, 0.5) is 0 Å². The maximum atomic E-state index is 8.64. The molecule has 0 aliphatic rings. The van der Waals surface area contributed by atoms with Crippen LogP contribution in [-0.4, -0.2) is 39.8 Å². The highest BCUT2D eigenvalue weighted by atomic mass is 32.1. The van der Waals surface area contributed by atoms with Gasteiger partial charge in [-0.3, -0.25) is 0 Å². The predicted octanol–water partition coefficient (Wildman–Crippen LogP) is 0.785. The highest BCUT2D eigenvalue weighted by molar-refractivity contribution is 7.80. The van der Waals surface area contributed by atoms with Gasteiger partial charge in [-0.2, -0.15) is 0 Å². The van der Waals surface area contributed by atoms with Crippen LogP contribution in [0.25, 0.3) is 0 Å². The van der Waals surface area contributed by atoms with Gasteiger partial charge in [-0.25, -0.2) is 0 Å². The Labute approximate surface area is 93.8 Å². The number of thiocarbonyl (C=S) groups is 2. The van der Waals surface area contributed by atoms with E-state index in [2.05, 4.69) is 24.4 Å². The monoisotopic (exact) mass is 238 g/mol. The summed E-state index contributed by atoms with van der Waals surface area (Å²) in [5.41, 5.74) is 0. The molecule has 0 saturated heterocycles. The third-order valence-corrected chi connectivity index (χ3v) is 1.76. The molecule has 0 rings (SSSR count). The number of hydrogen-bond donors (Lipinski definition) is 2. The maximum Gasteiger partial charge on any atom is 0.242 e. The summed E-state index contributed by atoms with van der Waals surface area (Å²) in [6.07, 6.45) is 0.812. The molecule has 0 aromatic carbocycles. The van der Waals surface area contributed by atoms with Crippen LogP contribution in [0.1, 0.15) is 19.8 Å². The van der Waals surface area contributed by atoms with Gasteiger partial charge in [-0.1, -0.05) is 6.92 Å². The van der Waals surface area contributed by atoms with Crippen molar-refractivity contribution in [3.63, 3.8) is 0 Å². The maximum absolute atomic E-state index is 8.64. The zero-order valence-corrected chi connectivity index (χ0v) is 9.57. The van der Waals surface area contributed by atoms with E-state index in [1.54, 1.807) is 0 Å². The van der Waals surface area contributed by atoms with E-state index in [-0.39, 0.29) is 23.3 Å². The van der Waals surface area contributed by atoms with Gasteiger partial charge < -0.3 is 19.7 Å². The topological polar surface area (TPSA) is 58.9 Å². The highest BCUT2D eigenvalue weighted by Gasteiger charge is 2.13. The molecule has 0 amide bonds. The molecule has 0 aromatic heterocycles. The first-order valence-electron chi connectivity index (χ1n) is 4.24. The van der Waals surface area contributed by atoms with Crippen LogP contribution in [0.5, 0.6) is 0 Å². The summed E-state index contributed by atoms with van der Waals surface area (Å²) in [7, 11) is 0. The third kappa shape index (κ3) is 6.20. The molecular formula is C8H14O4S2. The Hall–Kier alpha value is -0.300. The second kappa shape index (κ2) is 8.05. The Morgan fingerprint density at radius 2 is 1.57 bits per heavy atom. The quantitative estimate of drug-likeness (QED) is 0.527. The lowest BCUT2D eigenvalue weighted by atomic mass is 10.3. The number of hydrogen-bond acceptors (Lipinski definition) is 6. The van der Waals surface area contributed by atoms with E-state index in [0.29, 0.717) is 6.42 Å². The summed E-state index contributed by atoms with van der Waals surface area (Å²) in [6, 6.07) is 0. The second-order valence-electron chi connectivity index (χ2n) is 2.51. The first-order valence-corrected chi connectivity index (χ1v) is 5.06. The molecule has 0 aliphatic carbocycles. The summed E-state index contributed by atoms with van der Waals surface area (Å²) < 4.78 is 10.1. The first-order chi connectivity index (χ1) is 6.63. The van der Waals surface area contributed by atoms with E-state index >= 15 is 0 Å². The molecule has 0 unspecified atom stereocenters. The van der Waals surface area contributed by atoms with E-state index in [4.69, 9.17) is 19.7 Å². The molecule has 2 N–H and O–H groups in total. The molecule has 0 fully saturated rings. The van der Waals surface area contributed by atoms with Crippen LogP contribution in [0.2, 0.25) is 0 Å². The Kier molecular flexibility index (Phi) is 7.87. The predicted molar refractivity (Wildman–Crippen MR) is 60.2 cm³/mol. The molecule has 0 saturated carbocycles. The van der Waals surface area contributed by atoms with E-state index < -0.39 is 6.29 Å². The van der Waals surface area contributed by atoms with E-state index in [1.807, 2.05) is 6.92 Å². The zero-order chi connectivity index (χ0) is 11.0. The largest absolute Gasteiger partial charge is 0.446 e. The standard InChI is InChI=1S/C8H14O4S2/c1-2-3-6(11-7(13)4-9)12-8(14)5-10/h6,9-10H,2-5H2,1H3. The van der Waals surface area contributed by atoms with Gasteiger partial charge in [0.2, 0.25) is 6.29 Å². The Morgan fingerprint density at radius 1 is 1.14 bits per heavy atom. The van der Waals surface area contributed by atoms with Gasteiger partial charge >= 0.3 is 0 Å². The summed E-state index contributed by atoms with van der Waals surface area (Å²) in [5.74, 6) is 0. The van der Waals surface area contributed by atoms with E-state index in [1.165, 1.54) is 0 Å². The van der Waals surface area contributed by atoms with Gasteiger partial charge in [0, 0.05) is 6.42 Å². The molecule has 82 valence electrons. The van der Waals surface area contributed by atoms with Crippen molar-refractivity contribution in [3.8, 4) is 0 Å². The zero-order valence-electron chi connectivity index (χ0n) is 7.93. The Morgan fingerprint density at radius 3 is 1.86 bits per heavy atom. The van der Waals surface area contributed by atoms with Gasteiger partial charge in [-0.05, 0) is 30.9 Å². The van der Waals surface area contributed by atoms with E-state index in [0.717, 1.165) is 6.42 Å². The molecule has 0 aliphatic heterocycles. The van der Waals surface area contributed by atoms with Crippen molar-refractivity contribution in [1.82, 2.24) is 0 Å². The van der Waals surface area contributed by atoms with Gasteiger partial charge in [0.05, 0.1) is 0 Å². The average molecular weight is 238 g/mol. The summed E-state index contributed by atoms with van der Waals surface area (Å²) in [5, 5.41) is 17.4. The lowest BCUT2D eigenvalue weighted by Crippen LogP contribution is -2.25. The number of aliphatic hydroxyl groups excluding tert-OH is 2. The normalized spacial score (nSPS) is 10.0. The van der Waals surface area contributed by atoms with Crippen molar-refractivity contribution in [2.24, 2.45) is 0 Å². The SMILES string of the molecule is CCCC(OC(=S)CO)OC(=S)CO. The van der Waals surface area contributed by atoms with Crippen LogP contribution >= 0.6 is 24.4 Å². The molecule has 0 bridgehead atoms. The average Bonchev–Trinajstić information content (AvgIpc) is 2.17. The second-order valence-corrected chi connectivity index (χ2v) is 3.42. The van der Waals surface area contributed by atoms with Crippen molar-refractivity contribution in [2.75, 3.05) is 13.2 Å². The van der Waals surface area contributed by atoms with Crippen molar-refractivity contribution in [1.29, 1.82) is 0 Å². The summed E-state index contributed by atoms with van der Waals surface area (Å²) in [4.78, 5) is 0. The third-order valence-electron chi connectivity index (χ3n) is 1.31. The molecule has 6 heteroatoms.